The Morgan fingerprint density at radius 3 is 2.71 bits per heavy atom. The Bertz CT molecular complexity index is 451. The molecule has 0 amide bonds. The van der Waals surface area contributed by atoms with Crippen molar-refractivity contribution in [2.45, 2.75) is 0 Å². The summed E-state index contributed by atoms with van der Waals surface area (Å²) < 4.78 is 2.04. The van der Waals surface area contributed by atoms with Gasteiger partial charge in [-0.2, -0.15) is 0 Å². The van der Waals surface area contributed by atoms with Crippen LogP contribution < -0.4 is 3.71 Å². The zero-order valence-corrected chi connectivity index (χ0v) is 8.81. The van der Waals surface area contributed by atoms with Crippen LogP contribution in [0, 0.1) is 0 Å². The minimum atomic E-state index is 0.895. The Kier molecular flexibility index (Phi) is 1.92. The van der Waals surface area contributed by atoms with Crippen LogP contribution in [0.3, 0.4) is 0 Å². The third-order valence-corrected chi connectivity index (χ3v) is 3.85. The topological polar surface area (TPSA) is 31.9 Å². The van der Waals surface area contributed by atoms with E-state index in [2.05, 4.69) is 9.97 Å². The van der Waals surface area contributed by atoms with E-state index < -0.39 is 0 Å². The van der Waals surface area contributed by atoms with Gasteiger partial charge in [0.05, 0.1) is 11.0 Å². The van der Waals surface area contributed by atoms with E-state index in [1.54, 1.807) is 23.9 Å². The lowest BCUT2D eigenvalue weighted by molar-refractivity contribution is 1.31. The van der Waals surface area contributed by atoms with Crippen LogP contribution >= 0.6 is 23.9 Å². The van der Waals surface area contributed by atoms with E-state index in [1.807, 2.05) is 38.8 Å². The summed E-state index contributed by atoms with van der Waals surface area (Å²) in [4.78, 5) is 7.75. The molecule has 2 aromatic rings. The van der Waals surface area contributed by atoms with Gasteiger partial charge in [-0.15, -0.1) is 0 Å². The SMILES string of the molecule is C1=CSN(c2nc3ccccc3[nH]2)S1. The highest BCUT2D eigenvalue weighted by Gasteiger charge is 2.13. The first kappa shape index (κ1) is 8.26. The van der Waals surface area contributed by atoms with Crippen LogP contribution in [0.15, 0.2) is 35.1 Å². The van der Waals surface area contributed by atoms with Crippen molar-refractivity contribution in [2.24, 2.45) is 0 Å². The Morgan fingerprint density at radius 2 is 1.93 bits per heavy atom. The fourth-order valence-corrected chi connectivity index (χ4v) is 2.80. The van der Waals surface area contributed by atoms with Crippen molar-refractivity contribution in [3.63, 3.8) is 0 Å². The first-order valence-electron chi connectivity index (χ1n) is 4.17. The number of benzene rings is 1. The number of anilines is 1. The highest BCUT2D eigenvalue weighted by molar-refractivity contribution is 8.23. The number of nitrogens with one attached hydrogen (secondary N) is 1. The number of nitrogens with zero attached hydrogens (tertiary/aromatic N) is 2. The zero-order valence-electron chi connectivity index (χ0n) is 7.18. The molecule has 0 unspecified atom stereocenters. The van der Waals surface area contributed by atoms with Gasteiger partial charge >= 0.3 is 0 Å². The van der Waals surface area contributed by atoms with Crippen LogP contribution in [0.4, 0.5) is 5.95 Å². The van der Waals surface area contributed by atoms with Gasteiger partial charge in [0.1, 0.15) is 0 Å². The summed E-state index contributed by atoms with van der Waals surface area (Å²) in [5.41, 5.74) is 2.09. The summed E-state index contributed by atoms with van der Waals surface area (Å²) >= 11 is 3.27. The molecule has 0 fully saturated rings. The number of aromatic amines is 1. The van der Waals surface area contributed by atoms with Crippen LogP contribution in [0.2, 0.25) is 0 Å². The lowest BCUT2D eigenvalue weighted by Gasteiger charge is -2.08. The van der Waals surface area contributed by atoms with Gasteiger partial charge in [-0.3, -0.25) is 0 Å². The van der Waals surface area contributed by atoms with Gasteiger partial charge in [0.15, 0.2) is 0 Å². The maximum atomic E-state index is 4.48. The first-order chi connectivity index (χ1) is 6.93. The van der Waals surface area contributed by atoms with Crippen molar-refractivity contribution in [2.75, 3.05) is 3.71 Å². The minimum absolute atomic E-state index is 0.895. The maximum absolute atomic E-state index is 4.48. The molecule has 70 valence electrons. The van der Waals surface area contributed by atoms with Crippen molar-refractivity contribution >= 4 is 40.9 Å². The third-order valence-electron chi connectivity index (χ3n) is 1.92. The molecule has 0 saturated carbocycles. The number of hydrogen-bond donors (Lipinski definition) is 1. The average Bonchev–Trinajstić information content (AvgIpc) is 2.86. The second kappa shape index (κ2) is 3.25. The van der Waals surface area contributed by atoms with Crippen LogP contribution in [-0.2, 0) is 0 Å². The van der Waals surface area contributed by atoms with Gasteiger partial charge < -0.3 is 4.98 Å². The van der Waals surface area contributed by atoms with Crippen LogP contribution in [0.5, 0.6) is 0 Å². The van der Waals surface area contributed by atoms with E-state index in [0.29, 0.717) is 0 Å². The highest BCUT2D eigenvalue weighted by Crippen LogP contribution is 2.36. The highest BCUT2D eigenvalue weighted by atomic mass is 32.2. The lowest BCUT2D eigenvalue weighted by atomic mass is 10.3. The molecule has 1 N–H and O–H groups in total. The molecular weight excluding hydrogens is 214 g/mol. The average molecular weight is 221 g/mol. The molecule has 1 aromatic carbocycles. The first-order valence-corrected chi connectivity index (χ1v) is 5.84. The predicted molar refractivity (Wildman–Crippen MR) is 62.9 cm³/mol. The fraction of sp³-hybridized carbons (Fsp3) is 0. The number of para-hydroxylation sites is 2. The van der Waals surface area contributed by atoms with Gasteiger partial charge in [0.2, 0.25) is 5.95 Å². The molecule has 1 aromatic heterocycles. The Labute approximate surface area is 89.9 Å². The monoisotopic (exact) mass is 221 g/mol. The molecule has 0 spiro atoms. The van der Waals surface area contributed by atoms with Crippen molar-refractivity contribution in [3.8, 4) is 0 Å². The van der Waals surface area contributed by atoms with Gasteiger partial charge in [0.25, 0.3) is 0 Å². The largest absolute Gasteiger partial charge is 0.323 e. The normalized spacial score (nSPS) is 15.6. The summed E-state index contributed by atoms with van der Waals surface area (Å²) in [5.74, 6) is 0.895. The molecular formula is C9H7N3S2. The molecule has 0 aliphatic carbocycles. The van der Waals surface area contributed by atoms with E-state index in [0.717, 1.165) is 17.0 Å². The number of H-pyrrole nitrogens is 1. The number of fused-ring (bicyclic) bond motifs is 1. The molecule has 0 saturated heterocycles. The Hall–Kier alpha value is -1.07. The standard InChI is InChI=1S/C9H7N3S2/c1-2-4-8-7(3-1)10-9(11-8)12-13-5-6-14-12/h1-6H,(H,10,11). The summed E-state index contributed by atoms with van der Waals surface area (Å²) in [6.07, 6.45) is 0. The lowest BCUT2D eigenvalue weighted by Crippen LogP contribution is -1.98. The molecule has 3 rings (SSSR count). The Morgan fingerprint density at radius 1 is 1.14 bits per heavy atom. The van der Waals surface area contributed by atoms with Crippen molar-refractivity contribution in [3.05, 3.63) is 35.1 Å². The molecule has 1 aliphatic rings. The van der Waals surface area contributed by atoms with E-state index in [-0.39, 0.29) is 0 Å². The second-order valence-electron chi connectivity index (χ2n) is 2.82. The summed E-state index contributed by atoms with van der Waals surface area (Å²) in [5, 5.41) is 4.08. The van der Waals surface area contributed by atoms with Gasteiger partial charge in [-0.25, -0.2) is 8.69 Å². The minimum Gasteiger partial charge on any atom is -0.323 e. The fourth-order valence-electron chi connectivity index (χ4n) is 1.31. The van der Waals surface area contributed by atoms with Gasteiger partial charge in [-0.05, 0) is 36.0 Å². The molecule has 5 heteroatoms. The van der Waals surface area contributed by atoms with Crippen molar-refractivity contribution in [1.82, 2.24) is 9.97 Å². The number of rotatable bonds is 1. The molecule has 0 radical (unpaired) electrons. The third kappa shape index (κ3) is 1.29. The van der Waals surface area contributed by atoms with Crippen LogP contribution in [0.25, 0.3) is 11.0 Å². The second-order valence-corrected chi connectivity index (χ2v) is 4.75. The smallest absolute Gasteiger partial charge is 0.225 e. The van der Waals surface area contributed by atoms with E-state index in [1.165, 1.54) is 0 Å². The maximum Gasteiger partial charge on any atom is 0.225 e. The summed E-state index contributed by atoms with van der Waals surface area (Å²) in [6.45, 7) is 0. The zero-order chi connectivity index (χ0) is 9.38. The molecule has 0 bridgehead atoms. The molecule has 14 heavy (non-hydrogen) atoms. The molecule has 3 nitrogen and oxygen atoms in total. The van der Waals surface area contributed by atoms with Crippen LogP contribution in [0.1, 0.15) is 0 Å². The van der Waals surface area contributed by atoms with E-state index in [9.17, 15) is 0 Å². The number of aromatic nitrogens is 2. The Balaban J connectivity index is 2.05. The number of hydrogen-bond acceptors (Lipinski definition) is 4. The van der Waals surface area contributed by atoms with Crippen LogP contribution in [-0.4, -0.2) is 9.97 Å². The van der Waals surface area contributed by atoms with Crippen molar-refractivity contribution in [1.29, 1.82) is 0 Å². The molecule has 0 atom stereocenters. The molecule has 1 aliphatic heterocycles. The number of imidazole rings is 1. The summed E-state index contributed by atoms with van der Waals surface area (Å²) in [6, 6.07) is 8.04. The van der Waals surface area contributed by atoms with Crippen molar-refractivity contribution < 1.29 is 0 Å². The molecule has 2 heterocycles. The van der Waals surface area contributed by atoms with E-state index >= 15 is 0 Å². The van der Waals surface area contributed by atoms with Gasteiger partial charge in [-0.1, -0.05) is 12.1 Å². The quantitative estimate of drug-likeness (QED) is 0.750. The summed E-state index contributed by atoms with van der Waals surface area (Å²) in [7, 11) is 0. The van der Waals surface area contributed by atoms with Gasteiger partial charge in [0, 0.05) is 10.8 Å². The predicted octanol–water partition coefficient (Wildman–Crippen LogP) is 3.15. The van der Waals surface area contributed by atoms with E-state index in [4.69, 9.17) is 0 Å².